The number of aromatic amines is 1. The van der Waals surface area contributed by atoms with Gasteiger partial charge in [-0.05, 0) is 60.0 Å². The molecule has 6 rings (SSSR count). The first-order valence-electron chi connectivity index (χ1n) is 12.2. The summed E-state index contributed by atoms with van der Waals surface area (Å²) in [4.78, 5) is 15.0. The fourth-order valence-electron chi connectivity index (χ4n) is 5.14. The number of para-hydroxylation sites is 2. The van der Waals surface area contributed by atoms with Crippen molar-refractivity contribution in [2.75, 3.05) is 11.9 Å². The summed E-state index contributed by atoms with van der Waals surface area (Å²) in [5.74, 6) is -0.0715. The Labute approximate surface area is 221 Å². The number of nitrogens with one attached hydrogen (secondary N) is 2. The van der Waals surface area contributed by atoms with Crippen molar-refractivity contribution >= 4 is 56.8 Å². The molecule has 4 aromatic carbocycles. The maximum atomic E-state index is 11.3. The van der Waals surface area contributed by atoms with Gasteiger partial charge in [0.1, 0.15) is 11.2 Å². The van der Waals surface area contributed by atoms with Crippen molar-refractivity contribution in [3.05, 3.63) is 102 Å². The number of rotatable bonds is 6. The van der Waals surface area contributed by atoms with Gasteiger partial charge in [0.15, 0.2) is 0 Å². The largest absolute Gasteiger partial charge is 0.455 e. The summed E-state index contributed by atoms with van der Waals surface area (Å²) in [5.41, 5.74) is 15.5. The molecule has 0 aliphatic carbocycles. The van der Waals surface area contributed by atoms with Crippen molar-refractivity contribution in [3.8, 4) is 11.1 Å². The Morgan fingerprint density at radius 2 is 1.70 bits per heavy atom. The van der Waals surface area contributed by atoms with Gasteiger partial charge in [-0.2, -0.15) is 0 Å². The van der Waals surface area contributed by atoms with Crippen molar-refractivity contribution in [1.82, 2.24) is 4.98 Å². The van der Waals surface area contributed by atoms with Crippen LogP contribution in [0.2, 0.25) is 0 Å². The van der Waals surface area contributed by atoms with Crippen LogP contribution in [0.5, 0.6) is 0 Å². The van der Waals surface area contributed by atoms with Crippen molar-refractivity contribution in [3.63, 3.8) is 0 Å². The number of amides is 1. The maximum Gasteiger partial charge on any atom is 0.221 e. The summed E-state index contributed by atoms with van der Waals surface area (Å²) in [7, 11) is 0. The van der Waals surface area contributed by atoms with Crippen LogP contribution in [-0.2, 0) is 17.6 Å². The summed E-state index contributed by atoms with van der Waals surface area (Å²) in [6, 6.07) is 29.0. The van der Waals surface area contributed by atoms with E-state index in [4.69, 9.17) is 10.2 Å². The van der Waals surface area contributed by atoms with E-state index in [9.17, 15) is 4.79 Å². The molecule has 1 amide bonds. The normalized spacial score (nSPS) is 11.2. The van der Waals surface area contributed by atoms with Gasteiger partial charge < -0.3 is 20.5 Å². The Balaban J connectivity index is 0.00000280. The molecule has 0 aliphatic rings. The van der Waals surface area contributed by atoms with Crippen LogP contribution in [0.3, 0.4) is 0 Å². The van der Waals surface area contributed by atoms with Crippen LogP contribution in [0.15, 0.2) is 89.3 Å². The number of anilines is 1. The standard InChI is InChI=1S/C31H27N3O2.ClH/c1-19(35)33-22-12-9-20(10-13-22)17-29-24(15-16-32)27-18-21(11-14-28(27)34-29)23-6-4-7-26-25-5-2-3-8-30(25)36-31(23)26;/h2-14,18,34H,15-17,32H2,1H3,(H,33,35);1H. The molecular formula is C31H28ClN3O2. The van der Waals surface area contributed by atoms with Gasteiger partial charge >= 0.3 is 0 Å². The van der Waals surface area contributed by atoms with Crippen molar-refractivity contribution in [2.45, 2.75) is 19.8 Å². The molecule has 0 saturated carbocycles. The van der Waals surface area contributed by atoms with E-state index in [0.29, 0.717) is 6.54 Å². The van der Waals surface area contributed by atoms with Gasteiger partial charge in [-0.3, -0.25) is 4.79 Å². The Morgan fingerprint density at radius 3 is 2.49 bits per heavy atom. The maximum absolute atomic E-state index is 11.3. The lowest BCUT2D eigenvalue weighted by molar-refractivity contribution is -0.114. The third-order valence-electron chi connectivity index (χ3n) is 6.76. The summed E-state index contributed by atoms with van der Waals surface area (Å²) in [5, 5.41) is 6.27. The molecule has 0 atom stereocenters. The fourth-order valence-corrected chi connectivity index (χ4v) is 5.14. The number of fused-ring (bicyclic) bond motifs is 4. The third kappa shape index (κ3) is 4.59. The molecular weight excluding hydrogens is 482 g/mol. The Morgan fingerprint density at radius 1 is 0.919 bits per heavy atom. The molecule has 186 valence electrons. The Hall–Kier alpha value is -4.06. The second-order valence-electron chi connectivity index (χ2n) is 9.22. The van der Waals surface area contributed by atoms with Crippen LogP contribution < -0.4 is 11.1 Å². The number of carbonyl (C=O) groups excluding carboxylic acids is 1. The monoisotopic (exact) mass is 509 g/mol. The van der Waals surface area contributed by atoms with Crippen molar-refractivity contribution in [1.29, 1.82) is 0 Å². The minimum Gasteiger partial charge on any atom is -0.455 e. The number of furan rings is 1. The highest BCUT2D eigenvalue weighted by atomic mass is 35.5. The van der Waals surface area contributed by atoms with E-state index in [2.05, 4.69) is 64.9 Å². The molecule has 37 heavy (non-hydrogen) atoms. The molecule has 0 bridgehead atoms. The lowest BCUT2D eigenvalue weighted by atomic mass is 9.98. The average molecular weight is 510 g/mol. The zero-order valence-electron chi connectivity index (χ0n) is 20.5. The van der Waals surface area contributed by atoms with E-state index in [1.807, 2.05) is 30.3 Å². The van der Waals surface area contributed by atoms with Crippen LogP contribution in [0.1, 0.15) is 23.7 Å². The number of halogens is 1. The molecule has 2 aromatic heterocycles. The summed E-state index contributed by atoms with van der Waals surface area (Å²) in [6.45, 7) is 2.09. The highest BCUT2D eigenvalue weighted by Gasteiger charge is 2.16. The van der Waals surface area contributed by atoms with E-state index in [1.54, 1.807) is 0 Å². The highest BCUT2D eigenvalue weighted by Crippen LogP contribution is 2.37. The number of H-pyrrole nitrogens is 1. The van der Waals surface area contributed by atoms with Crippen LogP contribution in [0.4, 0.5) is 5.69 Å². The average Bonchev–Trinajstić information content (AvgIpc) is 3.43. The van der Waals surface area contributed by atoms with Gasteiger partial charge in [0.25, 0.3) is 0 Å². The smallest absolute Gasteiger partial charge is 0.221 e. The lowest BCUT2D eigenvalue weighted by Crippen LogP contribution is -2.06. The molecule has 0 aliphatic heterocycles. The minimum atomic E-state index is -0.0715. The third-order valence-corrected chi connectivity index (χ3v) is 6.76. The van der Waals surface area contributed by atoms with Gasteiger partial charge in [-0.1, -0.05) is 54.6 Å². The molecule has 0 unspecified atom stereocenters. The van der Waals surface area contributed by atoms with Crippen LogP contribution >= 0.6 is 12.4 Å². The van der Waals surface area contributed by atoms with Crippen LogP contribution in [-0.4, -0.2) is 17.4 Å². The van der Waals surface area contributed by atoms with Crippen LogP contribution in [0, 0.1) is 0 Å². The van der Waals surface area contributed by atoms with E-state index in [1.165, 1.54) is 29.1 Å². The second kappa shape index (κ2) is 10.1. The van der Waals surface area contributed by atoms with E-state index < -0.39 is 0 Å². The molecule has 0 saturated heterocycles. The van der Waals surface area contributed by atoms with E-state index >= 15 is 0 Å². The highest BCUT2D eigenvalue weighted by molar-refractivity contribution is 6.10. The predicted molar refractivity (Wildman–Crippen MR) is 155 cm³/mol. The van der Waals surface area contributed by atoms with Crippen molar-refractivity contribution in [2.24, 2.45) is 5.73 Å². The first-order chi connectivity index (χ1) is 17.6. The first kappa shape index (κ1) is 24.6. The van der Waals surface area contributed by atoms with Gasteiger partial charge in [-0.25, -0.2) is 0 Å². The number of benzene rings is 4. The van der Waals surface area contributed by atoms with Gasteiger partial charge in [0.2, 0.25) is 5.91 Å². The van der Waals surface area contributed by atoms with Gasteiger partial charge in [0, 0.05) is 52.0 Å². The number of aromatic nitrogens is 1. The minimum absolute atomic E-state index is 0. The van der Waals surface area contributed by atoms with Crippen molar-refractivity contribution < 1.29 is 9.21 Å². The SMILES string of the molecule is CC(=O)Nc1ccc(Cc2[nH]c3ccc(-c4cccc5c4oc4ccccc45)cc3c2CCN)cc1.Cl. The zero-order valence-corrected chi connectivity index (χ0v) is 21.3. The number of hydrogen-bond acceptors (Lipinski definition) is 3. The van der Waals surface area contributed by atoms with Gasteiger partial charge in [0.05, 0.1) is 0 Å². The molecule has 0 fully saturated rings. The molecule has 2 heterocycles. The van der Waals surface area contributed by atoms with E-state index in [-0.39, 0.29) is 18.3 Å². The fraction of sp³-hybridized carbons (Fsp3) is 0.129. The lowest BCUT2D eigenvalue weighted by Gasteiger charge is -2.07. The first-order valence-corrected chi connectivity index (χ1v) is 12.2. The van der Waals surface area contributed by atoms with Gasteiger partial charge in [-0.15, -0.1) is 12.4 Å². The number of carbonyl (C=O) groups is 1. The predicted octanol–water partition coefficient (Wildman–Crippen LogP) is 7.21. The Kier molecular flexibility index (Phi) is 6.74. The summed E-state index contributed by atoms with van der Waals surface area (Å²) < 4.78 is 6.29. The Bertz CT molecular complexity index is 1730. The zero-order chi connectivity index (χ0) is 24.6. The molecule has 0 spiro atoms. The van der Waals surface area contributed by atoms with E-state index in [0.717, 1.165) is 57.1 Å². The van der Waals surface area contributed by atoms with Crippen LogP contribution in [0.25, 0.3) is 44.0 Å². The molecule has 6 aromatic rings. The molecule has 6 heteroatoms. The molecule has 4 N–H and O–H groups in total. The quantitative estimate of drug-likeness (QED) is 0.222. The summed E-state index contributed by atoms with van der Waals surface area (Å²) >= 11 is 0. The number of hydrogen-bond donors (Lipinski definition) is 3. The molecule has 0 radical (unpaired) electrons. The second-order valence-corrected chi connectivity index (χ2v) is 9.22. The molecule has 5 nitrogen and oxygen atoms in total. The number of nitrogens with two attached hydrogens (primary N) is 1. The summed E-state index contributed by atoms with van der Waals surface area (Å²) in [6.07, 6.45) is 1.55. The topological polar surface area (TPSA) is 84.0 Å².